The number of carbonyl (C=O) groups is 1. The Morgan fingerprint density at radius 1 is 1.08 bits per heavy atom. The summed E-state index contributed by atoms with van der Waals surface area (Å²) in [5, 5.41) is 6.06. The smallest absolute Gasteiger partial charge is 0.252 e. The van der Waals surface area contributed by atoms with E-state index >= 15 is 0 Å². The number of carbonyl (C=O) groups excluding carboxylic acids is 1. The van der Waals surface area contributed by atoms with Gasteiger partial charge in [-0.15, -0.1) is 24.2 Å². The Balaban J connectivity index is 0.00000288. The van der Waals surface area contributed by atoms with Gasteiger partial charge in [0.25, 0.3) is 5.91 Å². The summed E-state index contributed by atoms with van der Waals surface area (Å²) in [6.07, 6.45) is 0.927. The molecule has 0 aliphatic heterocycles. The number of hydrogen-bond acceptors (Lipinski definition) is 3. The minimum atomic E-state index is 0. The van der Waals surface area contributed by atoms with Crippen molar-refractivity contribution in [3.05, 3.63) is 64.1 Å². The topological polar surface area (TPSA) is 41.1 Å². The monoisotopic (exact) mass is 428 g/mol. The first-order chi connectivity index (χ1) is 11.2. The lowest BCUT2D eigenvalue weighted by Crippen LogP contribution is -2.27. The fraction of sp³-hybridized carbons (Fsp3) is 0.278. The van der Waals surface area contributed by atoms with Crippen molar-refractivity contribution in [1.29, 1.82) is 0 Å². The van der Waals surface area contributed by atoms with Crippen LogP contribution in [0.25, 0.3) is 0 Å². The molecule has 0 saturated heterocycles. The van der Waals surface area contributed by atoms with Crippen molar-refractivity contribution in [3.8, 4) is 0 Å². The van der Waals surface area contributed by atoms with Crippen molar-refractivity contribution in [2.24, 2.45) is 0 Å². The second-order valence-corrected chi connectivity index (χ2v) is 7.06. The number of nitrogens with one attached hydrogen (secondary N) is 2. The van der Waals surface area contributed by atoms with Gasteiger partial charge in [0.1, 0.15) is 0 Å². The highest BCUT2D eigenvalue weighted by Gasteiger charge is 2.10. The molecule has 6 heteroatoms. The molecule has 0 radical (unpaired) electrons. The van der Waals surface area contributed by atoms with Crippen molar-refractivity contribution < 1.29 is 4.79 Å². The minimum Gasteiger partial charge on any atom is -0.352 e. The summed E-state index contributed by atoms with van der Waals surface area (Å²) in [4.78, 5) is 13.3. The van der Waals surface area contributed by atoms with Gasteiger partial charge in [-0.3, -0.25) is 4.79 Å². The van der Waals surface area contributed by atoms with Crippen molar-refractivity contribution in [3.63, 3.8) is 0 Å². The molecule has 0 aliphatic rings. The van der Waals surface area contributed by atoms with Gasteiger partial charge in [-0.2, -0.15) is 0 Å². The Bertz CT molecular complexity index is 637. The third kappa shape index (κ3) is 6.85. The van der Waals surface area contributed by atoms with Crippen LogP contribution in [0, 0.1) is 0 Å². The number of rotatable bonds is 8. The summed E-state index contributed by atoms with van der Waals surface area (Å²) >= 11 is 5.13. The van der Waals surface area contributed by atoms with Crippen LogP contribution in [0.2, 0.25) is 0 Å². The maximum atomic E-state index is 12.3. The van der Waals surface area contributed by atoms with Gasteiger partial charge >= 0.3 is 0 Å². The van der Waals surface area contributed by atoms with E-state index in [4.69, 9.17) is 0 Å². The molecule has 0 fully saturated rings. The van der Waals surface area contributed by atoms with E-state index in [9.17, 15) is 4.79 Å². The lowest BCUT2D eigenvalue weighted by molar-refractivity contribution is 0.0950. The number of benzene rings is 2. The second-order valence-electron chi connectivity index (χ2n) is 5.12. The van der Waals surface area contributed by atoms with Gasteiger partial charge in [-0.05, 0) is 49.8 Å². The zero-order valence-corrected chi connectivity index (χ0v) is 16.8. The van der Waals surface area contributed by atoms with E-state index in [1.165, 1.54) is 5.56 Å². The molecule has 0 bridgehead atoms. The van der Waals surface area contributed by atoms with E-state index in [1.54, 1.807) is 11.8 Å². The summed E-state index contributed by atoms with van der Waals surface area (Å²) in [6.45, 7) is 1.59. The molecule has 2 aromatic rings. The summed E-state index contributed by atoms with van der Waals surface area (Å²) < 4.78 is 1.08. The standard InChI is InChI=1S/C18H21BrN2OS.ClH/c1-20-11-4-12-21-18(22)16-5-2-3-6-17(16)23-13-14-7-9-15(19)10-8-14;/h2-3,5-10,20H,4,11-13H2,1H3,(H,21,22);1H. The number of amides is 1. The van der Waals surface area contributed by atoms with E-state index in [0.717, 1.165) is 33.7 Å². The third-order valence-corrected chi connectivity index (χ3v) is 5.00. The maximum Gasteiger partial charge on any atom is 0.252 e. The molecular weight excluding hydrogens is 408 g/mol. The molecule has 0 aromatic heterocycles. The molecule has 24 heavy (non-hydrogen) atoms. The molecule has 0 atom stereocenters. The molecule has 2 aromatic carbocycles. The lowest BCUT2D eigenvalue weighted by atomic mass is 10.2. The van der Waals surface area contributed by atoms with Crippen LogP contribution in [-0.4, -0.2) is 26.0 Å². The molecule has 0 unspecified atom stereocenters. The molecule has 130 valence electrons. The zero-order valence-electron chi connectivity index (χ0n) is 13.5. The van der Waals surface area contributed by atoms with Gasteiger partial charge in [0.2, 0.25) is 0 Å². The van der Waals surface area contributed by atoms with Crippen LogP contribution >= 0.6 is 40.1 Å². The summed E-state index contributed by atoms with van der Waals surface area (Å²) in [6, 6.07) is 16.0. The minimum absolute atomic E-state index is 0. The van der Waals surface area contributed by atoms with E-state index in [2.05, 4.69) is 38.7 Å². The summed E-state index contributed by atoms with van der Waals surface area (Å²) in [7, 11) is 1.91. The van der Waals surface area contributed by atoms with Gasteiger partial charge in [-0.1, -0.05) is 40.2 Å². The van der Waals surface area contributed by atoms with E-state index in [-0.39, 0.29) is 18.3 Å². The van der Waals surface area contributed by atoms with E-state index < -0.39 is 0 Å². The van der Waals surface area contributed by atoms with Crippen LogP contribution in [-0.2, 0) is 5.75 Å². The SMILES string of the molecule is CNCCCNC(=O)c1ccccc1SCc1ccc(Br)cc1.Cl. The van der Waals surface area contributed by atoms with Crippen LogP contribution in [0.3, 0.4) is 0 Å². The first kappa shape index (κ1) is 21.0. The van der Waals surface area contributed by atoms with Crippen molar-refractivity contribution in [2.75, 3.05) is 20.1 Å². The summed E-state index contributed by atoms with van der Waals surface area (Å²) in [5.74, 6) is 0.845. The first-order valence-corrected chi connectivity index (χ1v) is 9.37. The maximum absolute atomic E-state index is 12.3. The van der Waals surface area contributed by atoms with Gasteiger partial charge in [0, 0.05) is 21.7 Å². The van der Waals surface area contributed by atoms with E-state index in [0.29, 0.717) is 6.54 Å². The molecule has 2 N–H and O–H groups in total. The fourth-order valence-corrected chi connectivity index (χ4v) is 3.35. The number of halogens is 2. The number of hydrogen-bond donors (Lipinski definition) is 2. The molecule has 2 rings (SSSR count). The van der Waals surface area contributed by atoms with Crippen LogP contribution in [0.4, 0.5) is 0 Å². The normalized spacial score (nSPS) is 10.1. The predicted octanol–water partition coefficient (Wildman–Crippen LogP) is 4.50. The van der Waals surface area contributed by atoms with Crippen molar-refractivity contribution in [2.45, 2.75) is 17.1 Å². The fourth-order valence-electron chi connectivity index (χ4n) is 2.08. The predicted molar refractivity (Wildman–Crippen MR) is 108 cm³/mol. The molecule has 1 amide bonds. The van der Waals surface area contributed by atoms with E-state index in [1.807, 2.05) is 43.4 Å². The van der Waals surface area contributed by atoms with Crippen LogP contribution in [0.15, 0.2) is 57.9 Å². The van der Waals surface area contributed by atoms with Crippen LogP contribution in [0.5, 0.6) is 0 Å². The molecule has 0 aliphatic carbocycles. The highest BCUT2D eigenvalue weighted by molar-refractivity contribution is 9.10. The van der Waals surface area contributed by atoms with Gasteiger partial charge in [-0.25, -0.2) is 0 Å². The molecule has 0 heterocycles. The number of thioether (sulfide) groups is 1. The van der Waals surface area contributed by atoms with Gasteiger partial charge in [0.05, 0.1) is 5.56 Å². The molecule has 0 spiro atoms. The molecule has 0 saturated carbocycles. The first-order valence-electron chi connectivity index (χ1n) is 7.60. The average Bonchev–Trinajstić information content (AvgIpc) is 2.58. The van der Waals surface area contributed by atoms with Crippen molar-refractivity contribution >= 4 is 46.0 Å². The summed E-state index contributed by atoms with van der Waals surface area (Å²) in [5.41, 5.74) is 1.99. The van der Waals surface area contributed by atoms with Crippen LogP contribution in [0.1, 0.15) is 22.3 Å². The average molecular weight is 430 g/mol. The third-order valence-electron chi connectivity index (χ3n) is 3.33. The second kappa shape index (κ2) is 11.5. The quantitative estimate of drug-likeness (QED) is 0.479. The Hall–Kier alpha value is -1.01. The van der Waals surface area contributed by atoms with Crippen LogP contribution < -0.4 is 10.6 Å². The highest BCUT2D eigenvalue weighted by atomic mass is 79.9. The van der Waals surface area contributed by atoms with Gasteiger partial charge in [0.15, 0.2) is 0 Å². The largest absolute Gasteiger partial charge is 0.352 e. The molecular formula is C18H22BrClN2OS. The molecule has 3 nitrogen and oxygen atoms in total. The highest BCUT2D eigenvalue weighted by Crippen LogP contribution is 2.26. The Morgan fingerprint density at radius 2 is 1.79 bits per heavy atom. The lowest BCUT2D eigenvalue weighted by Gasteiger charge is -2.10. The Labute approximate surface area is 162 Å². The Kier molecular flexibility index (Phi) is 10.1. The van der Waals surface area contributed by atoms with Crippen molar-refractivity contribution in [1.82, 2.24) is 10.6 Å². The Morgan fingerprint density at radius 3 is 2.50 bits per heavy atom. The van der Waals surface area contributed by atoms with Gasteiger partial charge < -0.3 is 10.6 Å². The zero-order chi connectivity index (χ0) is 16.5.